The van der Waals surface area contributed by atoms with Crippen molar-refractivity contribution in [3.8, 4) is 17.1 Å². The number of hydrogen-bond donors (Lipinski definition) is 0. The molecule has 0 N–H and O–H groups in total. The van der Waals surface area contributed by atoms with Gasteiger partial charge in [-0.1, -0.05) is 23.9 Å². The van der Waals surface area contributed by atoms with E-state index in [1.54, 1.807) is 48.4 Å². The lowest BCUT2D eigenvalue weighted by Gasteiger charge is -2.13. The van der Waals surface area contributed by atoms with E-state index in [1.807, 2.05) is 30.5 Å². The van der Waals surface area contributed by atoms with E-state index in [1.165, 1.54) is 0 Å². The molecule has 136 valence electrons. The molecule has 3 aromatic rings. The smallest absolute Gasteiger partial charge is 0.387 e. The van der Waals surface area contributed by atoms with Gasteiger partial charge in [-0.15, -0.1) is 10.2 Å². The van der Waals surface area contributed by atoms with Crippen molar-refractivity contribution in [2.45, 2.75) is 37.4 Å². The summed E-state index contributed by atoms with van der Waals surface area (Å²) in [7, 11) is 0. The van der Waals surface area contributed by atoms with Gasteiger partial charge in [0, 0.05) is 29.8 Å². The van der Waals surface area contributed by atoms with Crippen LogP contribution in [0.1, 0.15) is 24.7 Å². The quantitative estimate of drug-likeness (QED) is 0.554. The number of nitrogens with zero attached hydrogens (tertiary/aromatic N) is 4. The van der Waals surface area contributed by atoms with Crippen molar-refractivity contribution in [3.05, 3.63) is 54.4 Å². The van der Waals surface area contributed by atoms with E-state index in [9.17, 15) is 8.78 Å². The molecule has 5 nitrogen and oxygen atoms in total. The summed E-state index contributed by atoms with van der Waals surface area (Å²) in [5.74, 6) is 0.947. The summed E-state index contributed by atoms with van der Waals surface area (Å²) < 4.78 is 30.9. The van der Waals surface area contributed by atoms with E-state index in [0.717, 1.165) is 28.7 Å². The molecular formula is C18H18F2N4OS. The second-order valence-corrected chi connectivity index (χ2v) is 6.80. The zero-order valence-corrected chi connectivity index (χ0v) is 15.2. The Morgan fingerprint density at radius 1 is 1.08 bits per heavy atom. The Kier molecular flexibility index (Phi) is 5.82. The molecule has 26 heavy (non-hydrogen) atoms. The van der Waals surface area contributed by atoms with Gasteiger partial charge in [-0.3, -0.25) is 4.98 Å². The lowest BCUT2D eigenvalue weighted by Crippen LogP contribution is -2.02. The number of aromatic nitrogens is 4. The van der Waals surface area contributed by atoms with Crippen LogP contribution in [0.25, 0.3) is 11.4 Å². The lowest BCUT2D eigenvalue weighted by molar-refractivity contribution is -0.0498. The molecule has 0 saturated heterocycles. The molecule has 3 rings (SSSR count). The molecule has 0 aliphatic rings. The predicted molar refractivity (Wildman–Crippen MR) is 96.3 cm³/mol. The highest BCUT2D eigenvalue weighted by Crippen LogP contribution is 2.35. The molecular weight excluding hydrogens is 358 g/mol. The summed E-state index contributed by atoms with van der Waals surface area (Å²) >= 11 is 1.57. The Morgan fingerprint density at radius 2 is 1.77 bits per heavy atom. The molecule has 1 unspecified atom stereocenters. The molecule has 0 saturated carbocycles. The SMILES string of the molecule is CCn1c(SC(C)c2ccc(OC(F)F)cc2)nnc1-c1ccncc1. The van der Waals surface area contributed by atoms with Crippen LogP contribution in [0.15, 0.2) is 53.9 Å². The highest BCUT2D eigenvalue weighted by molar-refractivity contribution is 7.99. The van der Waals surface area contributed by atoms with Crippen LogP contribution in [0.4, 0.5) is 8.78 Å². The van der Waals surface area contributed by atoms with E-state index in [2.05, 4.69) is 19.9 Å². The molecule has 1 aromatic carbocycles. The monoisotopic (exact) mass is 376 g/mol. The maximum Gasteiger partial charge on any atom is 0.387 e. The zero-order valence-electron chi connectivity index (χ0n) is 14.3. The van der Waals surface area contributed by atoms with Crippen LogP contribution in [0.2, 0.25) is 0 Å². The summed E-state index contributed by atoms with van der Waals surface area (Å²) in [6.07, 6.45) is 3.45. The lowest BCUT2D eigenvalue weighted by atomic mass is 10.2. The van der Waals surface area contributed by atoms with Gasteiger partial charge < -0.3 is 9.30 Å². The largest absolute Gasteiger partial charge is 0.435 e. The Bertz CT molecular complexity index is 840. The fourth-order valence-corrected chi connectivity index (χ4v) is 3.56. The van der Waals surface area contributed by atoms with Crippen molar-refractivity contribution in [1.82, 2.24) is 19.7 Å². The molecule has 0 bridgehead atoms. The molecule has 0 aliphatic carbocycles. The number of thioether (sulfide) groups is 1. The number of ether oxygens (including phenoxy) is 1. The number of halogens is 2. The molecule has 0 fully saturated rings. The first-order chi connectivity index (χ1) is 12.6. The van der Waals surface area contributed by atoms with Crippen LogP contribution < -0.4 is 4.74 Å². The molecule has 2 aromatic heterocycles. The van der Waals surface area contributed by atoms with Crippen LogP contribution >= 0.6 is 11.8 Å². The van der Waals surface area contributed by atoms with Crippen LogP contribution in [0.5, 0.6) is 5.75 Å². The summed E-state index contributed by atoms with van der Waals surface area (Å²) in [5.41, 5.74) is 1.95. The van der Waals surface area contributed by atoms with Crippen molar-refractivity contribution in [3.63, 3.8) is 0 Å². The normalized spacial score (nSPS) is 12.3. The number of pyridine rings is 1. The standard InChI is InChI=1S/C18H18F2N4OS/c1-3-24-16(14-8-10-21-11-9-14)22-23-18(24)26-12(2)13-4-6-15(7-5-13)25-17(19)20/h4-12,17H,3H2,1-2H3. The third-order valence-electron chi connectivity index (χ3n) is 3.83. The van der Waals surface area contributed by atoms with E-state index < -0.39 is 6.61 Å². The topological polar surface area (TPSA) is 52.8 Å². The summed E-state index contributed by atoms with van der Waals surface area (Å²) in [4.78, 5) is 4.03. The Morgan fingerprint density at radius 3 is 2.38 bits per heavy atom. The number of hydrogen-bond acceptors (Lipinski definition) is 5. The molecule has 0 spiro atoms. The highest BCUT2D eigenvalue weighted by Gasteiger charge is 2.17. The predicted octanol–water partition coefficient (Wildman–Crippen LogP) is 4.81. The maximum atomic E-state index is 12.2. The van der Waals surface area contributed by atoms with Crippen molar-refractivity contribution in [1.29, 1.82) is 0 Å². The fourth-order valence-electron chi connectivity index (χ4n) is 2.52. The Hall–Kier alpha value is -2.48. The van der Waals surface area contributed by atoms with E-state index in [4.69, 9.17) is 0 Å². The van der Waals surface area contributed by atoms with Gasteiger partial charge in [0.05, 0.1) is 0 Å². The number of benzene rings is 1. The fraction of sp³-hybridized carbons (Fsp3) is 0.278. The molecule has 1 atom stereocenters. The minimum absolute atomic E-state index is 0.0791. The van der Waals surface area contributed by atoms with Gasteiger partial charge in [-0.2, -0.15) is 8.78 Å². The summed E-state index contributed by atoms with van der Waals surface area (Å²) in [5, 5.41) is 9.51. The Labute approximate surface area is 154 Å². The van der Waals surface area contributed by atoms with Crippen LogP contribution in [-0.4, -0.2) is 26.4 Å². The van der Waals surface area contributed by atoms with Crippen molar-refractivity contribution in [2.24, 2.45) is 0 Å². The van der Waals surface area contributed by atoms with Crippen molar-refractivity contribution in [2.75, 3.05) is 0 Å². The van der Waals surface area contributed by atoms with Gasteiger partial charge >= 0.3 is 6.61 Å². The van der Waals surface area contributed by atoms with Gasteiger partial charge in [0.25, 0.3) is 0 Å². The Balaban J connectivity index is 1.77. The molecule has 2 heterocycles. The second kappa shape index (κ2) is 8.27. The van der Waals surface area contributed by atoms with Crippen LogP contribution in [0.3, 0.4) is 0 Å². The average molecular weight is 376 g/mol. The number of alkyl halides is 2. The minimum atomic E-state index is -2.82. The highest BCUT2D eigenvalue weighted by atomic mass is 32.2. The van der Waals surface area contributed by atoms with Gasteiger partial charge in [-0.05, 0) is 43.7 Å². The maximum absolute atomic E-state index is 12.2. The van der Waals surface area contributed by atoms with Crippen molar-refractivity contribution >= 4 is 11.8 Å². The van der Waals surface area contributed by atoms with E-state index >= 15 is 0 Å². The molecule has 0 radical (unpaired) electrons. The molecule has 0 aliphatic heterocycles. The van der Waals surface area contributed by atoms with Crippen molar-refractivity contribution < 1.29 is 13.5 Å². The summed E-state index contributed by atoms with van der Waals surface area (Å²) in [6.45, 7) is 2.00. The van der Waals surface area contributed by atoms with Gasteiger partial charge in [0.2, 0.25) is 0 Å². The zero-order chi connectivity index (χ0) is 18.5. The minimum Gasteiger partial charge on any atom is -0.435 e. The average Bonchev–Trinajstić information content (AvgIpc) is 3.05. The first-order valence-corrected chi connectivity index (χ1v) is 9.01. The van der Waals surface area contributed by atoms with Crippen LogP contribution in [-0.2, 0) is 6.54 Å². The second-order valence-electron chi connectivity index (χ2n) is 5.49. The third kappa shape index (κ3) is 4.19. The first kappa shape index (κ1) is 18.3. The van der Waals surface area contributed by atoms with E-state index in [-0.39, 0.29) is 11.0 Å². The molecule has 8 heteroatoms. The van der Waals surface area contributed by atoms with Gasteiger partial charge in [0.15, 0.2) is 11.0 Å². The van der Waals surface area contributed by atoms with E-state index in [0.29, 0.717) is 0 Å². The third-order valence-corrected chi connectivity index (χ3v) is 4.97. The van der Waals surface area contributed by atoms with Gasteiger partial charge in [0.1, 0.15) is 5.75 Å². The van der Waals surface area contributed by atoms with Gasteiger partial charge in [-0.25, -0.2) is 0 Å². The number of rotatable bonds is 7. The first-order valence-electron chi connectivity index (χ1n) is 8.13. The van der Waals surface area contributed by atoms with Crippen LogP contribution in [0, 0.1) is 0 Å². The summed E-state index contributed by atoms with van der Waals surface area (Å²) in [6, 6.07) is 10.5. The molecule has 0 amide bonds.